The molecule has 3 rings (SSSR count). The minimum Gasteiger partial charge on any atom is -0.394 e. The number of carbonyl (C=O) groups excluding carboxylic acids is 1. The molecule has 1 aromatic heterocycles. The molecule has 0 fully saturated rings. The Morgan fingerprint density at radius 1 is 1.37 bits per heavy atom. The number of halogens is 3. The van der Waals surface area contributed by atoms with E-state index in [4.69, 9.17) is 9.94 Å². The zero-order valence-electron chi connectivity index (χ0n) is 14.2. The molecule has 10 heteroatoms. The summed E-state index contributed by atoms with van der Waals surface area (Å²) in [7, 11) is 1.33. The summed E-state index contributed by atoms with van der Waals surface area (Å²) in [5, 5.41) is 12.7. The first-order valence-corrected chi connectivity index (χ1v) is 8.79. The molecule has 27 heavy (non-hydrogen) atoms. The SMILES string of the molecule is Cn1cc2c(c(F)c1=O)CC(Nc1ccc(Br)cc1F)N(OCCO)C2=O. The molecule has 0 saturated heterocycles. The van der Waals surface area contributed by atoms with Crippen LogP contribution in [0.2, 0.25) is 0 Å². The van der Waals surface area contributed by atoms with Crippen LogP contribution in [0.3, 0.4) is 0 Å². The number of aromatic nitrogens is 1. The molecule has 0 saturated carbocycles. The molecule has 2 aromatic rings. The van der Waals surface area contributed by atoms with Gasteiger partial charge in [-0.15, -0.1) is 0 Å². The Labute approximate surface area is 161 Å². The van der Waals surface area contributed by atoms with Gasteiger partial charge in [0.2, 0.25) is 0 Å². The molecule has 1 aliphatic heterocycles. The second kappa shape index (κ2) is 7.75. The number of nitrogens with one attached hydrogen (secondary N) is 1. The van der Waals surface area contributed by atoms with Crippen molar-refractivity contribution in [2.24, 2.45) is 7.05 Å². The van der Waals surface area contributed by atoms with E-state index in [1.165, 1.54) is 25.4 Å². The summed E-state index contributed by atoms with van der Waals surface area (Å²) in [6.07, 6.45) is 0.132. The van der Waals surface area contributed by atoms with Crippen LogP contribution in [0.4, 0.5) is 14.5 Å². The largest absolute Gasteiger partial charge is 0.394 e. The summed E-state index contributed by atoms with van der Waals surface area (Å²) >= 11 is 3.15. The van der Waals surface area contributed by atoms with Crippen molar-refractivity contribution in [3.63, 3.8) is 0 Å². The number of nitrogens with zero attached hydrogens (tertiary/aromatic N) is 2. The monoisotopic (exact) mass is 443 g/mol. The molecule has 0 aliphatic carbocycles. The molecule has 0 bridgehead atoms. The minimum atomic E-state index is -1.03. The zero-order chi connectivity index (χ0) is 19.7. The highest BCUT2D eigenvalue weighted by molar-refractivity contribution is 9.10. The van der Waals surface area contributed by atoms with Crippen LogP contribution in [0.25, 0.3) is 0 Å². The molecule has 1 atom stereocenters. The van der Waals surface area contributed by atoms with Crippen molar-refractivity contribution in [2.45, 2.75) is 12.6 Å². The van der Waals surface area contributed by atoms with Crippen molar-refractivity contribution in [1.82, 2.24) is 9.63 Å². The maximum absolute atomic E-state index is 14.4. The first-order valence-electron chi connectivity index (χ1n) is 8.00. The van der Waals surface area contributed by atoms with E-state index in [1.807, 2.05) is 0 Å². The molecule has 7 nitrogen and oxygen atoms in total. The number of aliphatic hydroxyl groups is 1. The van der Waals surface area contributed by atoms with Gasteiger partial charge in [0.15, 0.2) is 5.82 Å². The zero-order valence-corrected chi connectivity index (χ0v) is 15.8. The van der Waals surface area contributed by atoms with Crippen molar-refractivity contribution in [2.75, 3.05) is 18.5 Å². The normalized spacial score (nSPS) is 16.4. The smallest absolute Gasteiger partial charge is 0.286 e. The van der Waals surface area contributed by atoms with Gasteiger partial charge in [-0.3, -0.25) is 14.4 Å². The Balaban J connectivity index is 2.02. The summed E-state index contributed by atoms with van der Waals surface area (Å²) in [6, 6.07) is 4.28. The summed E-state index contributed by atoms with van der Waals surface area (Å²) in [6.45, 7) is -0.534. The van der Waals surface area contributed by atoms with Crippen LogP contribution in [-0.4, -0.2) is 40.0 Å². The van der Waals surface area contributed by atoms with E-state index in [2.05, 4.69) is 21.2 Å². The number of amides is 1. The number of carbonyl (C=O) groups is 1. The molecule has 1 aliphatic rings. The standard InChI is InChI=1S/C17H16BrF2N3O4/c1-22-8-11-10(15(20)17(22)26)7-14(23(16(11)25)27-5-4-24)21-13-3-2-9(18)6-12(13)19/h2-3,6,8,14,21,24H,4-5,7H2,1H3. The molecule has 0 spiro atoms. The summed E-state index contributed by atoms with van der Waals surface area (Å²) in [5.74, 6) is -2.32. The quantitative estimate of drug-likeness (QED) is 0.735. The predicted octanol–water partition coefficient (Wildman–Crippen LogP) is 1.79. The van der Waals surface area contributed by atoms with Crippen LogP contribution in [0.1, 0.15) is 15.9 Å². The highest BCUT2D eigenvalue weighted by Crippen LogP contribution is 2.27. The van der Waals surface area contributed by atoms with E-state index in [-0.39, 0.29) is 36.4 Å². The van der Waals surface area contributed by atoms with Crippen LogP contribution in [-0.2, 0) is 18.3 Å². The van der Waals surface area contributed by atoms with Gasteiger partial charge in [-0.05, 0) is 18.2 Å². The number of fused-ring (bicyclic) bond motifs is 1. The summed E-state index contributed by atoms with van der Waals surface area (Å²) < 4.78 is 30.1. The first-order chi connectivity index (χ1) is 12.8. The molecular weight excluding hydrogens is 428 g/mol. The van der Waals surface area contributed by atoms with E-state index >= 15 is 0 Å². The average molecular weight is 444 g/mol. The highest BCUT2D eigenvalue weighted by atomic mass is 79.9. The van der Waals surface area contributed by atoms with Crippen LogP contribution in [0, 0.1) is 11.6 Å². The van der Waals surface area contributed by atoms with E-state index in [1.54, 1.807) is 6.07 Å². The number of anilines is 1. The fourth-order valence-electron chi connectivity index (χ4n) is 2.84. The fourth-order valence-corrected chi connectivity index (χ4v) is 3.17. The Morgan fingerprint density at radius 3 is 2.78 bits per heavy atom. The van der Waals surface area contributed by atoms with Gasteiger partial charge in [0, 0.05) is 29.7 Å². The van der Waals surface area contributed by atoms with Crippen molar-refractivity contribution in [3.05, 3.63) is 62.0 Å². The van der Waals surface area contributed by atoms with Crippen molar-refractivity contribution >= 4 is 27.5 Å². The number of aliphatic hydroxyl groups excluding tert-OH is 1. The number of hydrogen-bond acceptors (Lipinski definition) is 5. The second-order valence-corrected chi connectivity index (χ2v) is 6.84. The summed E-state index contributed by atoms with van der Waals surface area (Å²) in [5.41, 5.74) is -0.884. The van der Waals surface area contributed by atoms with Crippen LogP contribution < -0.4 is 10.9 Å². The highest BCUT2D eigenvalue weighted by Gasteiger charge is 2.37. The third-order valence-corrected chi connectivity index (χ3v) is 4.60. The van der Waals surface area contributed by atoms with Crippen LogP contribution >= 0.6 is 15.9 Å². The lowest BCUT2D eigenvalue weighted by atomic mass is 9.99. The van der Waals surface area contributed by atoms with Gasteiger partial charge in [-0.25, -0.2) is 8.78 Å². The molecule has 1 aromatic carbocycles. The first kappa shape index (κ1) is 19.5. The average Bonchev–Trinajstić information content (AvgIpc) is 2.63. The lowest BCUT2D eigenvalue weighted by Gasteiger charge is -2.36. The molecule has 2 heterocycles. The van der Waals surface area contributed by atoms with E-state index in [9.17, 15) is 18.4 Å². The number of benzene rings is 1. The topological polar surface area (TPSA) is 83.8 Å². The van der Waals surface area contributed by atoms with Gasteiger partial charge in [-0.1, -0.05) is 15.9 Å². The minimum absolute atomic E-state index is 0.0260. The molecule has 2 N–H and O–H groups in total. The Kier molecular flexibility index (Phi) is 5.59. The number of hydrogen-bond donors (Lipinski definition) is 2. The van der Waals surface area contributed by atoms with Gasteiger partial charge in [0.1, 0.15) is 12.0 Å². The van der Waals surface area contributed by atoms with Gasteiger partial charge >= 0.3 is 0 Å². The van der Waals surface area contributed by atoms with E-state index < -0.39 is 29.3 Å². The number of rotatable bonds is 5. The molecule has 0 radical (unpaired) electrons. The second-order valence-electron chi connectivity index (χ2n) is 5.93. The molecular formula is C17H16BrF2N3O4. The molecule has 144 valence electrons. The number of hydroxylamine groups is 2. The predicted molar refractivity (Wildman–Crippen MR) is 96.1 cm³/mol. The Morgan fingerprint density at radius 2 is 2.11 bits per heavy atom. The number of pyridine rings is 1. The van der Waals surface area contributed by atoms with Gasteiger partial charge < -0.3 is 15.0 Å². The molecule has 1 amide bonds. The van der Waals surface area contributed by atoms with Gasteiger partial charge in [0.25, 0.3) is 11.5 Å². The van der Waals surface area contributed by atoms with Gasteiger partial charge in [0.05, 0.1) is 24.5 Å². The summed E-state index contributed by atoms with van der Waals surface area (Å²) in [4.78, 5) is 29.9. The fraction of sp³-hybridized carbons (Fsp3) is 0.294. The maximum Gasteiger partial charge on any atom is 0.286 e. The van der Waals surface area contributed by atoms with E-state index in [0.29, 0.717) is 4.47 Å². The van der Waals surface area contributed by atoms with Crippen molar-refractivity contribution < 1.29 is 23.5 Å². The third kappa shape index (κ3) is 3.73. The lowest BCUT2D eigenvalue weighted by molar-refractivity contribution is -0.152. The maximum atomic E-state index is 14.4. The Bertz CT molecular complexity index is 951. The van der Waals surface area contributed by atoms with Crippen molar-refractivity contribution in [1.29, 1.82) is 0 Å². The lowest BCUT2D eigenvalue weighted by Crippen LogP contribution is -2.51. The van der Waals surface area contributed by atoms with Crippen molar-refractivity contribution in [3.8, 4) is 0 Å². The van der Waals surface area contributed by atoms with E-state index in [0.717, 1.165) is 9.63 Å². The molecule has 1 unspecified atom stereocenters. The van der Waals surface area contributed by atoms with Crippen LogP contribution in [0.5, 0.6) is 0 Å². The van der Waals surface area contributed by atoms with Crippen LogP contribution in [0.15, 0.2) is 33.7 Å². The third-order valence-electron chi connectivity index (χ3n) is 4.11. The Hall–Kier alpha value is -2.30. The van der Waals surface area contributed by atoms with Gasteiger partial charge in [-0.2, -0.15) is 5.06 Å². The number of aryl methyl sites for hydroxylation is 1.